The predicted molar refractivity (Wildman–Crippen MR) is 134 cm³/mol. The average Bonchev–Trinajstić information content (AvgIpc) is 3.36. The van der Waals surface area contributed by atoms with Gasteiger partial charge in [0.25, 0.3) is 0 Å². The molecule has 0 saturated carbocycles. The summed E-state index contributed by atoms with van der Waals surface area (Å²) in [6.07, 6.45) is 5.63. The van der Waals surface area contributed by atoms with Gasteiger partial charge in [-0.3, -0.25) is 0 Å². The van der Waals surface area contributed by atoms with Crippen molar-refractivity contribution in [1.29, 1.82) is 0 Å². The molecule has 0 aromatic rings. The molecule has 0 aliphatic carbocycles. The second kappa shape index (κ2) is 17.5. The Morgan fingerprint density at radius 3 is 1.75 bits per heavy atom. The summed E-state index contributed by atoms with van der Waals surface area (Å²) in [5, 5.41) is 3.65. The third kappa shape index (κ3) is 14.7. The highest BCUT2D eigenvalue weighted by molar-refractivity contribution is 4.71. The average molecular weight is 518 g/mol. The van der Waals surface area contributed by atoms with Crippen LogP contribution >= 0.6 is 0 Å². The monoisotopic (exact) mass is 517 g/mol. The maximum Gasteiger partial charge on any atom is 0.163 e. The summed E-state index contributed by atoms with van der Waals surface area (Å²) in [4.78, 5) is 2.84. The minimum absolute atomic E-state index is 0.0122. The van der Waals surface area contributed by atoms with Crippen LogP contribution in [-0.4, -0.2) is 95.9 Å². The molecule has 0 radical (unpaired) electrons. The van der Waals surface area contributed by atoms with Gasteiger partial charge >= 0.3 is 0 Å². The van der Waals surface area contributed by atoms with Crippen LogP contribution in [0.25, 0.3) is 10.4 Å². The molecule has 0 bridgehead atoms. The van der Waals surface area contributed by atoms with Crippen molar-refractivity contribution in [3.05, 3.63) is 10.4 Å². The molecule has 0 aromatic carbocycles. The molecule has 2 fully saturated rings. The van der Waals surface area contributed by atoms with Crippen molar-refractivity contribution in [3.63, 3.8) is 0 Å². The molecule has 11 heteroatoms. The number of nitrogens with zero attached hydrogens (tertiary/aromatic N) is 3. The predicted octanol–water partition coefficient (Wildman–Crippen LogP) is 4.38. The Hall–Kier alpha value is -1.01. The number of hydrogen-bond acceptors (Lipinski definition) is 9. The molecule has 11 nitrogen and oxygen atoms in total. The second-order valence-electron chi connectivity index (χ2n) is 10.2. The molecule has 0 amide bonds. The van der Waals surface area contributed by atoms with Crippen LogP contribution in [0.5, 0.6) is 0 Å². The van der Waals surface area contributed by atoms with Crippen LogP contribution in [0, 0.1) is 0 Å². The lowest BCUT2D eigenvalue weighted by atomic mass is 10.2. The van der Waals surface area contributed by atoms with Crippen molar-refractivity contribution >= 4 is 0 Å². The zero-order chi connectivity index (χ0) is 26.1. The van der Waals surface area contributed by atoms with Crippen LogP contribution in [0.1, 0.15) is 66.2 Å². The fourth-order valence-corrected chi connectivity index (χ4v) is 3.93. The summed E-state index contributed by atoms with van der Waals surface area (Å²) in [5.41, 5.74) is 8.63. The van der Waals surface area contributed by atoms with Gasteiger partial charge in [-0.1, -0.05) is 5.11 Å². The van der Waals surface area contributed by atoms with Gasteiger partial charge in [0.1, 0.15) is 12.2 Å². The van der Waals surface area contributed by atoms with Gasteiger partial charge in [-0.05, 0) is 71.8 Å². The van der Waals surface area contributed by atoms with Crippen molar-refractivity contribution in [2.24, 2.45) is 5.11 Å². The summed E-state index contributed by atoms with van der Waals surface area (Å²) in [6, 6.07) is 0. The lowest BCUT2D eigenvalue weighted by Crippen LogP contribution is -2.24. The maximum atomic E-state index is 8.63. The Morgan fingerprint density at radius 2 is 1.28 bits per heavy atom. The molecule has 210 valence electrons. The molecular weight excluding hydrogens is 470 g/mol. The third-order valence-electron chi connectivity index (χ3n) is 5.76. The second-order valence-corrected chi connectivity index (χ2v) is 10.2. The van der Waals surface area contributed by atoms with Crippen LogP contribution in [0.3, 0.4) is 0 Å². The summed E-state index contributed by atoms with van der Waals surface area (Å²) in [7, 11) is 0. The van der Waals surface area contributed by atoms with Crippen molar-refractivity contribution in [3.8, 4) is 0 Å². The zero-order valence-electron chi connectivity index (χ0n) is 22.7. The molecule has 3 atom stereocenters. The maximum absolute atomic E-state index is 8.63. The van der Waals surface area contributed by atoms with Gasteiger partial charge in [0.2, 0.25) is 0 Å². The van der Waals surface area contributed by atoms with E-state index in [4.69, 9.17) is 43.4 Å². The molecule has 0 N–H and O–H groups in total. The van der Waals surface area contributed by atoms with Crippen molar-refractivity contribution < 1.29 is 37.9 Å². The fraction of sp³-hybridized carbons (Fsp3) is 1.00. The summed E-state index contributed by atoms with van der Waals surface area (Å²) < 4.78 is 45.5. The lowest BCUT2D eigenvalue weighted by molar-refractivity contribution is -0.145. The SMILES string of the molecule is CC1(C)OCC(COCCCCCOCC(CN=[N+]=[N-])OCCCCCOCC2COC(C)(C)O2)O1. The van der Waals surface area contributed by atoms with Crippen molar-refractivity contribution in [1.82, 2.24) is 0 Å². The number of azide groups is 1. The number of hydrogen-bond donors (Lipinski definition) is 0. The highest BCUT2D eigenvalue weighted by atomic mass is 16.8. The van der Waals surface area contributed by atoms with E-state index < -0.39 is 11.6 Å². The van der Waals surface area contributed by atoms with E-state index in [1.807, 2.05) is 27.7 Å². The van der Waals surface area contributed by atoms with E-state index in [0.717, 1.165) is 38.5 Å². The van der Waals surface area contributed by atoms with E-state index in [-0.39, 0.29) is 24.9 Å². The Balaban J connectivity index is 1.39. The first-order valence-corrected chi connectivity index (χ1v) is 13.3. The van der Waals surface area contributed by atoms with E-state index in [0.29, 0.717) is 59.5 Å². The van der Waals surface area contributed by atoms with Crippen LogP contribution in [0.15, 0.2) is 5.11 Å². The fourth-order valence-electron chi connectivity index (χ4n) is 3.93. The van der Waals surface area contributed by atoms with Crippen molar-refractivity contribution in [2.45, 2.75) is 96.1 Å². The largest absolute Gasteiger partial charge is 0.379 e. The van der Waals surface area contributed by atoms with Crippen LogP contribution in [-0.2, 0) is 37.9 Å². The summed E-state index contributed by atoms with van der Waals surface area (Å²) in [5.74, 6) is -1.01. The van der Waals surface area contributed by atoms with Gasteiger partial charge in [0, 0.05) is 31.3 Å². The van der Waals surface area contributed by atoms with Gasteiger partial charge in [0.15, 0.2) is 11.6 Å². The molecule has 0 aromatic heterocycles. The van der Waals surface area contributed by atoms with Gasteiger partial charge in [0.05, 0.1) is 45.7 Å². The first-order valence-electron chi connectivity index (χ1n) is 13.3. The van der Waals surface area contributed by atoms with Crippen LogP contribution in [0.2, 0.25) is 0 Å². The molecule has 36 heavy (non-hydrogen) atoms. The minimum Gasteiger partial charge on any atom is -0.379 e. The van der Waals surface area contributed by atoms with Crippen LogP contribution < -0.4 is 0 Å². The number of unbranched alkanes of at least 4 members (excludes halogenated alkanes) is 4. The van der Waals surface area contributed by atoms with Gasteiger partial charge < -0.3 is 37.9 Å². The van der Waals surface area contributed by atoms with E-state index in [2.05, 4.69) is 10.0 Å². The molecule has 2 aliphatic heterocycles. The van der Waals surface area contributed by atoms with Gasteiger partial charge in [-0.2, -0.15) is 0 Å². The molecule has 0 spiro atoms. The smallest absolute Gasteiger partial charge is 0.163 e. The summed E-state index contributed by atoms with van der Waals surface area (Å²) >= 11 is 0. The molecule has 2 rings (SSSR count). The summed E-state index contributed by atoms with van der Waals surface area (Å²) in [6.45, 7) is 13.3. The highest BCUT2D eigenvalue weighted by Crippen LogP contribution is 2.23. The van der Waals surface area contributed by atoms with Gasteiger partial charge in [-0.15, -0.1) is 0 Å². The Bertz CT molecular complexity index is 630. The van der Waals surface area contributed by atoms with E-state index in [1.54, 1.807) is 0 Å². The first-order chi connectivity index (χ1) is 17.3. The standard InChI is InChI=1S/C25H47N3O8/c1-24(2)33-19-22(35-24)17-30-12-8-5-7-11-29-16-21(15-27-28-26)32-14-10-6-9-13-31-18-23-20-34-25(3,4)36-23/h21-23H,5-20H2,1-4H3. The topological polar surface area (TPSA) is 123 Å². The number of rotatable bonds is 21. The van der Waals surface area contributed by atoms with Crippen LogP contribution in [0.4, 0.5) is 0 Å². The Morgan fingerprint density at radius 1 is 0.778 bits per heavy atom. The quantitative estimate of drug-likeness (QED) is 0.0951. The molecule has 3 unspecified atom stereocenters. The first kappa shape index (κ1) is 31.2. The molecular formula is C25H47N3O8. The minimum atomic E-state index is -0.505. The molecule has 2 heterocycles. The molecule has 2 aliphatic rings. The highest BCUT2D eigenvalue weighted by Gasteiger charge is 2.33. The zero-order valence-corrected chi connectivity index (χ0v) is 22.7. The van der Waals surface area contributed by atoms with E-state index >= 15 is 0 Å². The normalized spacial score (nSPS) is 23.6. The lowest BCUT2D eigenvalue weighted by Gasteiger charge is -2.17. The van der Waals surface area contributed by atoms with Gasteiger partial charge in [-0.25, -0.2) is 0 Å². The Kier molecular flexibility index (Phi) is 15.2. The number of ether oxygens (including phenoxy) is 8. The molecule has 2 saturated heterocycles. The van der Waals surface area contributed by atoms with E-state index in [1.165, 1.54) is 0 Å². The van der Waals surface area contributed by atoms with Crippen molar-refractivity contribution in [2.75, 3.05) is 66.0 Å². The third-order valence-corrected chi connectivity index (χ3v) is 5.76. The van der Waals surface area contributed by atoms with E-state index in [9.17, 15) is 0 Å². The Labute approximate surface area is 216 Å².